The lowest BCUT2D eigenvalue weighted by atomic mass is 10.2. The number of carbonyl (C=O) groups is 3. The Bertz CT molecular complexity index is 1230. The van der Waals surface area contributed by atoms with E-state index in [1.807, 2.05) is 0 Å². The summed E-state index contributed by atoms with van der Waals surface area (Å²) in [5.41, 5.74) is 1.38. The summed E-state index contributed by atoms with van der Waals surface area (Å²) in [5.74, 6) is 0.458. The fourth-order valence-corrected chi connectivity index (χ4v) is 3.16. The van der Waals surface area contributed by atoms with Crippen molar-refractivity contribution in [3.63, 3.8) is 0 Å². The van der Waals surface area contributed by atoms with E-state index in [0.29, 0.717) is 65.7 Å². The second kappa shape index (κ2) is 13.5. The highest BCUT2D eigenvalue weighted by Crippen LogP contribution is 2.25. The second-order valence-corrected chi connectivity index (χ2v) is 7.89. The van der Waals surface area contributed by atoms with Gasteiger partial charge in [0.05, 0.1) is 31.5 Å². The molecule has 0 unspecified atom stereocenters. The highest BCUT2D eigenvalue weighted by atomic mass is 16.5. The largest absolute Gasteiger partial charge is 0.497 e. The SMILES string of the molecule is C=CC(=O)OCCCCOc1ccc(C(=O)Oc2ccc(OC(=O)c3ccc(OC)cc3)cc2C)cc1. The Morgan fingerprint density at radius 3 is 1.92 bits per heavy atom. The zero-order valence-corrected chi connectivity index (χ0v) is 20.7. The molecular formula is C29H28O8. The van der Waals surface area contributed by atoms with E-state index in [-0.39, 0.29) is 0 Å². The molecule has 0 aliphatic carbocycles. The number of esters is 3. The van der Waals surface area contributed by atoms with Gasteiger partial charge >= 0.3 is 17.9 Å². The summed E-state index contributed by atoms with van der Waals surface area (Å²) in [6.45, 7) is 5.85. The molecule has 3 rings (SSSR count). The molecular weight excluding hydrogens is 476 g/mol. The zero-order chi connectivity index (χ0) is 26.6. The minimum atomic E-state index is -0.526. The number of ether oxygens (including phenoxy) is 5. The van der Waals surface area contributed by atoms with Crippen LogP contribution in [0.15, 0.2) is 79.4 Å². The average molecular weight is 505 g/mol. The van der Waals surface area contributed by atoms with Gasteiger partial charge in [-0.15, -0.1) is 0 Å². The molecule has 8 heteroatoms. The van der Waals surface area contributed by atoms with Crippen LogP contribution in [0.4, 0.5) is 0 Å². The molecule has 0 saturated carbocycles. The van der Waals surface area contributed by atoms with Crippen molar-refractivity contribution in [2.75, 3.05) is 20.3 Å². The van der Waals surface area contributed by atoms with Gasteiger partial charge in [0.2, 0.25) is 0 Å². The van der Waals surface area contributed by atoms with Crippen molar-refractivity contribution in [1.29, 1.82) is 0 Å². The van der Waals surface area contributed by atoms with Gasteiger partial charge in [0.1, 0.15) is 23.0 Å². The van der Waals surface area contributed by atoms with Crippen molar-refractivity contribution in [2.24, 2.45) is 0 Å². The van der Waals surface area contributed by atoms with Crippen LogP contribution in [0.25, 0.3) is 0 Å². The highest BCUT2D eigenvalue weighted by Gasteiger charge is 2.13. The van der Waals surface area contributed by atoms with Crippen LogP contribution in [-0.4, -0.2) is 38.2 Å². The topological polar surface area (TPSA) is 97.4 Å². The Hall–Kier alpha value is -4.59. The number of hydrogen-bond donors (Lipinski definition) is 0. The number of methoxy groups -OCH3 is 1. The number of carbonyl (C=O) groups excluding carboxylic acids is 3. The van der Waals surface area contributed by atoms with E-state index in [1.165, 1.54) is 0 Å². The van der Waals surface area contributed by atoms with Crippen molar-refractivity contribution in [3.05, 3.63) is 96.1 Å². The van der Waals surface area contributed by atoms with Crippen molar-refractivity contribution in [1.82, 2.24) is 0 Å². The fraction of sp³-hybridized carbons (Fsp3) is 0.207. The lowest BCUT2D eigenvalue weighted by Gasteiger charge is -2.11. The summed E-state index contributed by atoms with van der Waals surface area (Å²) < 4.78 is 26.6. The molecule has 0 amide bonds. The van der Waals surface area contributed by atoms with Gasteiger partial charge in [-0.3, -0.25) is 0 Å². The zero-order valence-electron chi connectivity index (χ0n) is 20.7. The van der Waals surface area contributed by atoms with Crippen LogP contribution < -0.4 is 18.9 Å². The van der Waals surface area contributed by atoms with Crippen LogP contribution in [0.2, 0.25) is 0 Å². The maximum absolute atomic E-state index is 12.6. The van der Waals surface area contributed by atoms with Gasteiger partial charge in [-0.1, -0.05) is 6.58 Å². The van der Waals surface area contributed by atoms with Crippen LogP contribution in [0.5, 0.6) is 23.0 Å². The summed E-state index contributed by atoms with van der Waals surface area (Å²) in [7, 11) is 1.55. The van der Waals surface area contributed by atoms with E-state index in [1.54, 1.807) is 80.8 Å². The van der Waals surface area contributed by atoms with Crippen molar-refractivity contribution in [3.8, 4) is 23.0 Å². The van der Waals surface area contributed by atoms with E-state index in [9.17, 15) is 14.4 Å². The second-order valence-electron chi connectivity index (χ2n) is 7.89. The van der Waals surface area contributed by atoms with Gasteiger partial charge in [0, 0.05) is 6.08 Å². The van der Waals surface area contributed by atoms with Crippen LogP contribution in [0, 0.1) is 6.92 Å². The van der Waals surface area contributed by atoms with Crippen molar-refractivity contribution in [2.45, 2.75) is 19.8 Å². The van der Waals surface area contributed by atoms with E-state index < -0.39 is 17.9 Å². The summed E-state index contributed by atoms with van der Waals surface area (Å²) in [6.07, 6.45) is 2.50. The molecule has 3 aromatic carbocycles. The molecule has 192 valence electrons. The fourth-order valence-electron chi connectivity index (χ4n) is 3.16. The van der Waals surface area contributed by atoms with Crippen LogP contribution in [0.3, 0.4) is 0 Å². The molecule has 0 saturated heterocycles. The van der Waals surface area contributed by atoms with Gasteiger partial charge in [-0.25, -0.2) is 14.4 Å². The van der Waals surface area contributed by atoms with Crippen LogP contribution in [0.1, 0.15) is 39.1 Å². The molecule has 3 aromatic rings. The normalized spacial score (nSPS) is 10.2. The highest BCUT2D eigenvalue weighted by molar-refractivity contribution is 5.92. The summed E-state index contributed by atoms with van der Waals surface area (Å²) >= 11 is 0. The lowest BCUT2D eigenvalue weighted by Crippen LogP contribution is -2.10. The summed E-state index contributed by atoms with van der Waals surface area (Å²) in [5, 5.41) is 0. The molecule has 0 fully saturated rings. The van der Waals surface area contributed by atoms with Crippen LogP contribution in [-0.2, 0) is 9.53 Å². The third kappa shape index (κ3) is 8.24. The van der Waals surface area contributed by atoms with Crippen molar-refractivity contribution >= 4 is 17.9 Å². The number of benzene rings is 3. The number of unbranched alkanes of at least 4 members (excludes halogenated alkanes) is 1. The quantitative estimate of drug-likeness (QED) is 0.141. The minimum absolute atomic E-state index is 0.310. The van der Waals surface area contributed by atoms with Crippen LogP contribution >= 0.6 is 0 Å². The van der Waals surface area contributed by atoms with E-state index in [0.717, 1.165) is 6.08 Å². The first kappa shape index (κ1) is 27.0. The molecule has 0 aliphatic rings. The standard InChI is InChI=1S/C29H28O8/c1-4-27(30)35-18-6-5-17-34-24-13-9-22(10-14-24)29(32)37-26-16-15-25(19-20(26)2)36-28(31)21-7-11-23(33-3)12-8-21/h4,7-16,19H,1,5-6,17-18H2,2-3H3. The van der Waals surface area contributed by atoms with E-state index >= 15 is 0 Å². The van der Waals surface area contributed by atoms with Gasteiger partial charge in [-0.05, 0) is 92.1 Å². The molecule has 8 nitrogen and oxygen atoms in total. The van der Waals surface area contributed by atoms with Gasteiger partial charge in [0.25, 0.3) is 0 Å². The molecule has 0 heterocycles. The Morgan fingerprint density at radius 1 is 0.757 bits per heavy atom. The van der Waals surface area contributed by atoms with Gasteiger partial charge in [0.15, 0.2) is 0 Å². The summed E-state index contributed by atoms with van der Waals surface area (Å²) in [6, 6.07) is 17.9. The molecule has 0 bridgehead atoms. The maximum Gasteiger partial charge on any atom is 0.343 e. The first-order valence-corrected chi connectivity index (χ1v) is 11.6. The van der Waals surface area contributed by atoms with E-state index in [4.69, 9.17) is 23.7 Å². The third-order valence-corrected chi connectivity index (χ3v) is 5.19. The average Bonchev–Trinajstić information content (AvgIpc) is 2.92. The monoisotopic (exact) mass is 504 g/mol. The number of aryl methyl sites for hydroxylation is 1. The Balaban J connectivity index is 1.48. The first-order chi connectivity index (χ1) is 17.9. The molecule has 0 atom stereocenters. The summed E-state index contributed by atoms with van der Waals surface area (Å²) in [4.78, 5) is 35.9. The number of hydrogen-bond acceptors (Lipinski definition) is 8. The molecule has 0 radical (unpaired) electrons. The molecule has 0 spiro atoms. The third-order valence-electron chi connectivity index (χ3n) is 5.19. The van der Waals surface area contributed by atoms with Crippen molar-refractivity contribution < 1.29 is 38.1 Å². The Labute approximate surface area is 215 Å². The molecule has 0 N–H and O–H groups in total. The number of rotatable bonds is 12. The smallest absolute Gasteiger partial charge is 0.343 e. The minimum Gasteiger partial charge on any atom is -0.497 e. The Kier molecular flexibility index (Phi) is 9.84. The first-order valence-electron chi connectivity index (χ1n) is 11.6. The lowest BCUT2D eigenvalue weighted by molar-refractivity contribution is -0.137. The predicted octanol–water partition coefficient (Wildman–Crippen LogP) is 5.33. The molecule has 0 aliphatic heterocycles. The molecule has 37 heavy (non-hydrogen) atoms. The maximum atomic E-state index is 12.6. The molecule has 0 aromatic heterocycles. The predicted molar refractivity (Wildman–Crippen MR) is 136 cm³/mol. The van der Waals surface area contributed by atoms with Gasteiger partial charge in [-0.2, -0.15) is 0 Å². The van der Waals surface area contributed by atoms with Gasteiger partial charge < -0.3 is 23.7 Å². The Morgan fingerprint density at radius 2 is 1.32 bits per heavy atom. The van der Waals surface area contributed by atoms with E-state index in [2.05, 4.69) is 6.58 Å².